The van der Waals surface area contributed by atoms with Crippen molar-refractivity contribution in [2.75, 3.05) is 14.2 Å². The standard InChI is InChI=1S/C17H30O6/c1-4-5-6-7-8-9-10-11-12-13-17(14(18)19,15(20)22-2)16(21)23-3/h4-13H2,1-3H3,(H,18,19). The number of carbonyl (C=O) groups is 3. The molecule has 0 spiro atoms. The summed E-state index contributed by atoms with van der Waals surface area (Å²) >= 11 is 0. The lowest BCUT2D eigenvalue weighted by Gasteiger charge is -2.23. The summed E-state index contributed by atoms with van der Waals surface area (Å²) in [5.41, 5.74) is -2.25. The molecule has 0 aliphatic heterocycles. The van der Waals surface area contributed by atoms with E-state index in [0.29, 0.717) is 6.42 Å². The van der Waals surface area contributed by atoms with Crippen LogP contribution in [0.1, 0.15) is 71.1 Å². The molecular weight excluding hydrogens is 300 g/mol. The fraction of sp³-hybridized carbons (Fsp3) is 0.824. The van der Waals surface area contributed by atoms with Gasteiger partial charge < -0.3 is 14.6 Å². The van der Waals surface area contributed by atoms with Crippen LogP contribution in [0.25, 0.3) is 0 Å². The van der Waals surface area contributed by atoms with E-state index in [2.05, 4.69) is 16.4 Å². The predicted molar refractivity (Wildman–Crippen MR) is 85.9 cm³/mol. The maximum atomic E-state index is 11.8. The highest BCUT2D eigenvalue weighted by Crippen LogP contribution is 2.29. The van der Waals surface area contributed by atoms with Gasteiger partial charge in [0.15, 0.2) is 0 Å². The number of methoxy groups -OCH3 is 2. The molecule has 0 bridgehead atoms. The van der Waals surface area contributed by atoms with Gasteiger partial charge >= 0.3 is 17.9 Å². The van der Waals surface area contributed by atoms with Gasteiger partial charge in [0.25, 0.3) is 5.41 Å². The second-order valence-corrected chi connectivity index (χ2v) is 5.77. The Morgan fingerprint density at radius 1 is 0.783 bits per heavy atom. The van der Waals surface area contributed by atoms with Gasteiger partial charge in [-0.2, -0.15) is 0 Å². The fourth-order valence-electron chi connectivity index (χ4n) is 2.62. The van der Waals surface area contributed by atoms with Crippen LogP contribution < -0.4 is 0 Å². The SMILES string of the molecule is CCCCCCCCCCCC(C(=O)O)(C(=O)OC)C(=O)OC. The van der Waals surface area contributed by atoms with E-state index in [-0.39, 0.29) is 6.42 Å². The fourth-order valence-corrected chi connectivity index (χ4v) is 2.62. The number of carbonyl (C=O) groups excluding carboxylic acids is 2. The van der Waals surface area contributed by atoms with Crippen molar-refractivity contribution in [2.45, 2.75) is 71.1 Å². The van der Waals surface area contributed by atoms with Crippen LogP contribution in [0.4, 0.5) is 0 Å². The summed E-state index contributed by atoms with van der Waals surface area (Å²) < 4.78 is 9.02. The quantitative estimate of drug-likeness (QED) is 0.316. The van der Waals surface area contributed by atoms with Crippen LogP contribution in [-0.2, 0) is 23.9 Å². The summed E-state index contributed by atoms with van der Waals surface area (Å²) in [6.07, 6.45) is 9.31. The number of rotatable bonds is 13. The van der Waals surface area contributed by atoms with Gasteiger partial charge in [0.1, 0.15) is 0 Å². The zero-order chi connectivity index (χ0) is 17.7. The van der Waals surface area contributed by atoms with E-state index in [9.17, 15) is 19.5 Å². The van der Waals surface area contributed by atoms with Crippen LogP contribution >= 0.6 is 0 Å². The molecule has 0 aliphatic rings. The average molecular weight is 330 g/mol. The zero-order valence-electron chi connectivity index (χ0n) is 14.6. The molecule has 0 rings (SSSR count). The number of ether oxygens (including phenoxy) is 2. The van der Waals surface area contributed by atoms with Gasteiger partial charge in [0, 0.05) is 0 Å². The lowest BCUT2D eigenvalue weighted by Crippen LogP contribution is -2.47. The Morgan fingerprint density at radius 2 is 1.17 bits per heavy atom. The molecule has 0 aromatic rings. The molecule has 0 unspecified atom stereocenters. The van der Waals surface area contributed by atoms with Crippen molar-refractivity contribution in [1.82, 2.24) is 0 Å². The van der Waals surface area contributed by atoms with E-state index in [4.69, 9.17) is 0 Å². The van der Waals surface area contributed by atoms with E-state index in [1.807, 2.05) is 0 Å². The van der Waals surface area contributed by atoms with Crippen molar-refractivity contribution in [3.8, 4) is 0 Å². The van der Waals surface area contributed by atoms with Gasteiger partial charge in [-0.05, 0) is 6.42 Å². The van der Waals surface area contributed by atoms with Crippen LogP contribution in [0.2, 0.25) is 0 Å². The van der Waals surface area contributed by atoms with Crippen molar-refractivity contribution in [2.24, 2.45) is 5.41 Å². The highest BCUT2D eigenvalue weighted by Gasteiger charge is 2.55. The summed E-state index contributed by atoms with van der Waals surface area (Å²) in [6, 6.07) is 0. The first kappa shape index (κ1) is 21.4. The second kappa shape index (κ2) is 11.9. The van der Waals surface area contributed by atoms with Crippen molar-refractivity contribution in [3.05, 3.63) is 0 Å². The summed E-state index contributed by atoms with van der Waals surface area (Å²) in [4.78, 5) is 35.2. The Hall–Kier alpha value is -1.59. The predicted octanol–water partition coefficient (Wildman–Crippen LogP) is 3.32. The molecule has 0 aromatic carbocycles. The summed E-state index contributed by atoms with van der Waals surface area (Å²) in [5.74, 6) is -3.66. The van der Waals surface area contributed by atoms with Gasteiger partial charge in [-0.3, -0.25) is 14.4 Å². The van der Waals surface area contributed by atoms with Gasteiger partial charge in [-0.1, -0.05) is 64.7 Å². The first-order valence-electron chi connectivity index (χ1n) is 8.37. The molecule has 1 N–H and O–H groups in total. The van der Waals surface area contributed by atoms with Crippen molar-refractivity contribution in [3.63, 3.8) is 0 Å². The minimum absolute atomic E-state index is 0.0997. The molecule has 6 nitrogen and oxygen atoms in total. The van der Waals surface area contributed by atoms with Gasteiger partial charge in [0.05, 0.1) is 14.2 Å². The van der Waals surface area contributed by atoms with Crippen molar-refractivity contribution < 1.29 is 29.0 Å². The first-order valence-corrected chi connectivity index (χ1v) is 8.37. The van der Waals surface area contributed by atoms with E-state index >= 15 is 0 Å². The largest absolute Gasteiger partial charge is 0.480 e. The third-order valence-corrected chi connectivity index (χ3v) is 4.09. The number of carboxylic acids is 1. The molecule has 0 radical (unpaired) electrons. The van der Waals surface area contributed by atoms with Gasteiger partial charge in [-0.25, -0.2) is 0 Å². The highest BCUT2D eigenvalue weighted by molar-refractivity contribution is 6.17. The molecule has 6 heteroatoms. The number of aliphatic carboxylic acids is 1. The Labute approximate surface area is 138 Å². The van der Waals surface area contributed by atoms with E-state index in [0.717, 1.165) is 39.9 Å². The Balaban J connectivity index is 4.34. The molecular formula is C17H30O6. The third kappa shape index (κ3) is 6.59. The van der Waals surface area contributed by atoms with E-state index in [1.54, 1.807) is 0 Å². The third-order valence-electron chi connectivity index (χ3n) is 4.09. The maximum Gasteiger partial charge on any atom is 0.334 e. The lowest BCUT2D eigenvalue weighted by molar-refractivity contribution is -0.179. The monoisotopic (exact) mass is 330 g/mol. The van der Waals surface area contributed by atoms with Crippen LogP contribution in [0, 0.1) is 5.41 Å². The second-order valence-electron chi connectivity index (χ2n) is 5.77. The minimum atomic E-state index is -2.25. The smallest absolute Gasteiger partial charge is 0.334 e. The van der Waals surface area contributed by atoms with Crippen molar-refractivity contribution in [1.29, 1.82) is 0 Å². The molecule has 134 valence electrons. The molecule has 0 fully saturated rings. The number of hydrogen-bond acceptors (Lipinski definition) is 5. The zero-order valence-corrected chi connectivity index (χ0v) is 14.6. The minimum Gasteiger partial charge on any atom is -0.480 e. The van der Waals surface area contributed by atoms with Crippen LogP contribution in [0.3, 0.4) is 0 Å². The molecule has 0 aliphatic carbocycles. The number of hydrogen-bond donors (Lipinski definition) is 1. The van der Waals surface area contributed by atoms with Gasteiger partial charge in [-0.15, -0.1) is 0 Å². The van der Waals surface area contributed by atoms with Crippen molar-refractivity contribution >= 4 is 17.9 Å². The lowest BCUT2D eigenvalue weighted by atomic mass is 9.82. The van der Waals surface area contributed by atoms with Crippen LogP contribution in [0.5, 0.6) is 0 Å². The van der Waals surface area contributed by atoms with Gasteiger partial charge in [0.2, 0.25) is 0 Å². The average Bonchev–Trinajstić information content (AvgIpc) is 2.55. The molecule has 23 heavy (non-hydrogen) atoms. The number of carboxylic acid groups (broad SMARTS) is 1. The summed E-state index contributed by atoms with van der Waals surface area (Å²) in [7, 11) is 2.14. The number of unbranched alkanes of at least 4 members (excludes halogenated alkanes) is 8. The summed E-state index contributed by atoms with van der Waals surface area (Å²) in [5, 5.41) is 9.35. The summed E-state index contributed by atoms with van der Waals surface area (Å²) in [6.45, 7) is 2.18. The Kier molecular flexibility index (Phi) is 11.1. The molecule has 0 heterocycles. The number of esters is 2. The maximum absolute atomic E-state index is 11.8. The van der Waals surface area contributed by atoms with E-state index in [1.165, 1.54) is 25.7 Å². The molecule has 0 atom stereocenters. The first-order chi connectivity index (χ1) is 11.0. The van der Waals surface area contributed by atoms with E-state index < -0.39 is 23.3 Å². The van der Waals surface area contributed by atoms with Crippen LogP contribution in [-0.4, -0.2) is 37.2 Å². The molecule has 0 saturated carbocycles. The highest BCUT2D eigenvalue weighted by atomic mass is 16.5. The Bertz CT molecular complexity index is 361. The molecule has 0 saturated heterocycles. The van der Waals surface area contributed by atoms with Crippen LogP contribution in [0.15, 0.2) is 0 Å². The Morgan fingerprint density at radius 3 is 1.52 bits per heavy atom. The molecule has 0 aromatic heterocycles. The molecule has 0 amide bonds. The normalized spacial score (nSPS) is 11.1. The topological polar surface area (TPSA) is 89.9 Å².